The van der Waals surface area contributed by atoms with Gasteiger partial charge in [0, 0.05) is 19.6 Å². The van der Waals surface area contributed by atoms with Crippen LogP contribution in [0.3, 0.4) is 0 Å². The summed E-state index contributed by atoms with van der Waals surface area (Å²) in [5.74, 6) is 0.814. The minimum Gasteiger partial charge on any atom is -0.444 e. The second-order valence-electron chi connectivity index (χ2n) is 7.69. The first-order valence-electron chi connectivity index (χ1n) is 7.32. The molecule has 4 heteroatoms. The highest BCUT2D eigenvalue weighted by Crippen LogP contribution is 2.51. The lowest BCUT2D eigenvalue weighted by atomic mass is 9.61. The highest BCUT2D eigenvalue weighted by atomic mass is 16.6. The Hall–Kier alpha value is -0.770. The van der Waals surface area contributed by atoms with Gasteiger partial charge in [-0.15, -0.1) is 0 Å². The molecule has 0 radical (unpaired) electrons. The summed E-state index contributed by atoms with van der Waals surface area (Å²) in [5.41, 5.74) is 0.0114. The highest BCUT2D eigenvalue weighted by molar-refractivity contribution is 5.68. The molecule has 1 spiro atoms. The molecule has 110 valence electrons. The molecule has 1 aliphatic heterocycles. The lowest BCUT2D eigenvalue weighted by Crippen LogP contribution is -2.44. The maximum absolute atomic E-state index is 12.0. The summed E-state index contributed by atoms with van der Waals surface area (Å²) >= 11 is 0. The fraction of sp³-hybridized carbons (Fsp3) is 0.933. The number of ether oxygens (including phenoxy) is 1. The Balaban J connectivity index is 1.80. The first-order chi connectivity index (χ1) is 8.69. The van der Waals surface area contributed by atoms with E-state index in [1.165, 1.54) is 19.4 Å². The summed E-state index contributed by atoms with van der Waals surface area (Å²) in [4.78, 5) is 16.2. The number of rotatable bonds is 2. The van der Waals surface area contributed by atoms with E-state index in [0.29, 0.717) is 5.41 Å². The quantitative estimate of drug-likeness (QED) is 0.771. The molecular weight excluding hydrogens is 240 g/mol. The van der Waals surface area contributed by atoms with Crippen LogP contribution in [-0.2, 0) is 4.74 Å². The van der Waals surface area contributed by atoms with Crippen LogP contribution in [-0.4, -0.2) is 55.2 Å². The number of amides is 1. The maximum Gasteiger partial charge on any atom is 0.410 e. The molecule has 1 saturated carbocycles. The predicted molar refractivity (Wildman–Crippen MR) is 76.1 cm³/mol. The molecule has 0 aromatic heterocycles. The number of hydrogen-bond acceptors (Lipinski definition) is 3. The van der Waals surface area contributed by atoms with E-state index >= 15 is 0 Å². The van der Waals surface area contributed by atoms with E-state index in [4.69, 9.17) is 4.74 Å². The lowest BCUT2D eigenvalue weighted by Gasteiger charge is -2.46. The number of likely N-dealkylation sites (tertiary alicyclic amines) is 1. The molecule has 2 fully saturated rings. The van der Waals surface area contributed by atoms with Crippen molar-refractivity contribution in [1.82, 2.24) is 9.80 Å². The number of hydrogen-bond donors (Lipinski definition) is 0. The monoisotopic (exact) mass is 268 g/mol. The summed E-state index contributed by atoms with van der Waals surface area (Å²) in [6, 6.07) is 0. The van der Waals surface area contributed by atoms with Crippen molar-refractivity contribution in [2.45, 2.75) is 45.6 Å². The van der Waals surface area contributed by atoms with Gasteiger partial charge < -0.3 is 14.5 Å². The van der Waals surface area contributed by atoms with Gasteiger partial charge in [-0.2, -0.15) is 0 Å². The largest absolute Gasteiger partial charge is 0.444 e. The molecule has 1 amide bonds. The maximum atomic E-state index is 12.0. The van der Waals surface area contributed by atoms with Crippen molar-refractivity contribution < 1.29 is 9.53 Å². The second kappa shape index (κ2) is 4.97. The Morgan fingerprint density at radius 1 is 1.37 bits per heavy atom. The minimum absolute atomic E-state index is 0.138. The first kappa shape index (κ1) is 14.6. The van der Waals surface area contributed by atoms with Crippen molar-refractivity contribution in [3.05, 3.63) is 0 Å². The van der Waals surface area contributed by atoms with Crippen LogP contribution in [0.1, 0.15) is 40.0 Å². The molecule has 19 heavy (non-hydrogen) atoms. The molecular formula is C15H28N2O2. The van der Waals surface area contributed by atoms with Gasteiger partial charge in [0.15, 0.2) is 0 Å². The molecule has 0 aromatic carbocycles. The van der Waals surface area contributed by atoms with Gasteiger partial charge in [-0.25, -0.2) is 4.79 Å². The van der Waals surface area contributed by atoms with Crippen LogP contribution in [0.25, 0.3) is 0 Å². The highest BCUT2D eigenvalue weighted by Gasteiger charge is 2.49. The molecule has 2 rings (SSSR count). The third kappa shape index (κ3) is 3.62. The van der Waals surface area contributed by atoms with E-state index in [0.717, 1.165) is 25.4 Å². The first-order valence-corrected chi connectivity index (χ1v) is 7.32. The van der Waals surface area contributed by atoms with Crippen molar-refractivity contribution >= 4 is 6.09 Å². The number of carbonyl (C=O) groups excluding carboxylic acids is 1. The molecule has 0 unspecified atom stereocenters. The zero-order valence-electron chi connectivity index (χ0n) is 13.0. The van der Waals surface area contributed by atoms with Crippen LogP contribution in [0.5, 0.6) is 0 Å². The van der Waals surface area contributed by atoms with E-state index in [2.05, 4.69) is 19.0 Å². The Bertz CT molecular complexity index is 341. The molecule has 0 bridgehead atoms. The molecule has 4 nitrogen and oxygen atoms in total. The van der Waals surface area contributed by atoms with Crippen LogP contribution in [0.15, 0.2) is 0 Å². The normalized spacial score (nSPS) is 30.8. The van der Waals surface area contributed by atoms with Crippen molar-refractivity contribution in [2.24, 2.45) is 11.3 Å². The van der Waals surface area contributed by atoms with Crippen LogP contribution in [0.2, 0.25) is 0 Å². The van der Waals surface area contributed by atoms with E-state index < -0.39 is 0 Å². The summed E-state index contributed by atoms with van der Waals surface area (Å²) < 4.78 is 5.45. The summed E-state index contributed by atoms with van der Waals surface area (Å²) in [6.07, 6.45) is 3.55. The SMILES string of the molecule is CN(C)CC1CC2(CCN(C(=O)OC(C)(C)C)C2)C1. The third-order valence-corrected chi connectivity index (χ3v) is 4.16. The molecule has 1 saturated heterocycles. The zero-order chi connectivity index (χ0) is 14.3. The Morgan fingerprint density at radius 2 is 2.00 bits per heavy atom. The summed E-state index contributed by atoms with van der Waals surface area (Å²) in [6.45, 7) is 8.71. The van der Waals surface area contributed by atoms with Gasteiger partial charge in [-0.3, -0.25) is 0 Å². The van der Waals surface area contributed by atoms with Crippen molar-refractivity contribution in [3.8, 4) is 0 Å². The standard InChI is InChI=1S/C15H28N2O2/c1-14(2,3)19-13(18)17-7-6-15(11-17)8-12(9-15)10-16(4)5/h12H,6-11H2,1-5H3. The smallest absolute Gasteiger partial charge is 0.410 e. The average molecular weight is 268 g/mol. The van der Waals surface area contributed by atoms with Crippen molar-refractivity contribution in [3.63, 3.8) is 0 Å². The minimum atomic E-state index is -0.389. The van der Waals surface area contributed by atoms with Gasteiger partial charge in [0.05, 0.1) is 0 Å². The van der Waals surface area contributed by atoms with E-state index in [-0.39, 0.29) is 11.7 Å². The Kier molecular flexibility index (Phi) is 3.83. The van der Waals surface area contributed by atoms with Crippen LogP contribution in [0, 0.1) is 11.3 Å². The van der Waals surface area contributed by atoms with Crippen molar-refractivity contribution in [1.29, 1.82) is 0 Å². The summed E-state index contributed by atoms with van der Waals surface area (Å²) in [7, 11) is 4.26. The topological polar surface area (TPSA) is 32.8 Å². The Labute approximate surface area is 117 Å². The number of nitrogens with zero attached hydrogens (tertiary/aromatic N) is 2. The van der Waals surface area contributed by atoms with Gasteiger partial charge in [-0.1, -0.05) is 0 Å². The fourth-order valence-corrected chi connectivity index (χ4v) is 3.56. The summed E-state index contributed by atoms with van der Waals surface area (Å²) in [5, 5.41) is 0. The fourth-order valence-electron chi connectivity index (χ4n) is 3.56. The molecule has 1 aliphatic carbocycles. The van der Waals surface area contributed by atoms with Crippen LogP contribution in [0.4, 0.5) is 4.79 Å². The molecule has 1 heterocycles. The third-order valence-electron chi connectivity index (χ3n) is 4.16. The number of carbonyl (C=O) groups is 1. The van der Waals surface area contributed by atoms with Crippen LogP contribution >= 0.6 is 0 Å². The van der Waals surface area contributed by atoms with Crippen LogP contribution < -0.4 is 0 Å². The van der Waals surface area contributed by atoms with Crippen molar-refractivity contribution in [2.75, 3.05) is 33.7 Å². The molecule has 0 N–H and O–H groups in total. The van der Waals surface area contributed by atoms with Gasteiger partial charge >= 0.3 is 6.09 Å². The van der Waals surface area contributed by atoms with E-state index in [9.17, 15) is 4.79 Å². The van der Waals surface area contributed by atoms with Gasteiger partial charge in [0.25, 0.3) is 0 Å². The molecule has 2 aliphatic rings. The van der Waals surface area contributed by atoms with Gasteiger partial charge in [-0.05, 0) is 65.5 Å². The Morgan fingerprint density at radius 3 is 2.53 bits per heavy atom. The lowest BCUT2D eigenvalue weighted by molar-refractivity contribution is 0.0152. The molecule has 0 atom stereocenters. The molecule has 0 aromatic rings. The van der Waals surface area contributed by atoms with Gasteiger partial charge in [0.2, 0.25) is 0 Å². The van der Waals surface area contributed by atoms with E-state index in [1.807, 2.05) is 25.7 Å². The average Bonchev–Trinajstić information content (AvgIpc) is 2.58. The zero-order valence-corrected chi connectivity index (χ0v) is 13.0. The second-order valence-corrected chi connectivity index (χ2v) is 7.69. The van der Waals surface area contributed by atoms with Gasteiger partial charge in [0.1, 0.15) is 5.60 Å². The van der Waals surface area contributed by atoms with E-state index in [1.54, 1.807) is 0 Å². The predicted octanol–water partition coefficient (Wildman–Crippen LogP) is 2.59.